The third kappa shape index (κ3) is 5.23. The van der Waals surface area contributed by atoms with Gasteiger partial charge >= 0.3 is 6.61 Å². The van der Waals surface area contributed by atoms with Gasteiger partial charge in [-0.1, -0.05) is 24.3 Å². The largest absolute Gasteiger partial charge is 0.379 e. The van der Waals surface area contributed by atoms with E-state index in [1.54, 1.807) is 13.1 Å². The Kier molecular flexibility index (Phi) is 6.98. The van der Waals surface area contributed by atoms with Crippen LogP contribution in [0.15, 0.2) is 36.7 Å². The smallest absolute Gasteiger partial charge is 0.345 e. The predicted molar refractivity (Wildman–Crippen MR) is 120 cm³/mol. The van der Waals surface area contributed by atoms with Crippen LogP contribution in [-0.2, 0) is 16.0 Å². The van der Waals surface area contributed by atoms with Gasteiger partial charge < -0.3 is 24.3 Å². The first-order valence-corrected chi connectivity index (χ1v) is 10.8. The third-order valence-electron chi connectivity index (χ3n) is 5.48. The summed E-state index contributed by atoms with van der Waals surface area (Å²) in [7, 11) is 4.10. The summed E-state index contributed by atoms with van der Waals surface area (Å²) in [6.45, 7) is 1.05. The Morgan fingerprint density at radius 3 is 2.72 bits per heavy atom. The molecular weight excluding hydrogens is 416 g/mol. The van der Waals surface area contributed by atoms with Crippen LogP contribution < -0.4 is 5.32 Å². The number of anilines is 1. The second-order valence-electron chi connectivity index (χ2n) is 8.47. The molecule has 0 bridgehead atoms. The minimum atomic E-state index is -2.80. The SMILES string of the molecule is C[C@@H](COC(F)F)Nc1ncc2c(-c3ccc(CN(C)C)cc3)cn([C@@H]3CCOC3)c2n1. The fourth-order valence-electron chi connectivity index (χ4n) is 3.98. The zero-order valence-corrected chi connectivity index (χ0v) is 18.6. The lowest BCUT2D eigenvalue weighted by molar-refractivity contribution is -0.130. The molecule has 4 rings (SSSR count). The van der Waals surface area contributed by atoms with Crippen LogP contribution in [-0.4, -0.2) is 66.0 Å². The molecule has 7 nitrogen and oxygen atoms in total. The van der Waals surface area contributed by atoms with E-state index >= 15 is 0 Å². The number of ether oxygens (including phenoxy) is 2. The Bertz CT molecular complexity index is 1030. The Morgan fingerprint density at radius 2 is 2.06 bits per heavy atom. The van der Waals surface area contributed by atoms with Crippen molar-refractivity contribution in [1.82, 2.24) is 19.4 Å². The molecule has 0 spiro atoms. The molecule has 2 atom stereocenters. The van der Waals surface area contributed by atoms with Crippen LogP contribution in [0.3, 0.4) is 0 Å². The van der Waals surface area contributed by atoms with Crippen LogP contribution in [0.2, 0.25) is 0 Å². The van der Waals surface area contributed by atoms with Crippen LogP contribution in [0.25, 0.3) is 22.2 Å². The van der Waals surface area contributed by atoms with Crippen LogP contribution in [0.4, 0.5) is 14.7 Å². The number of hydrogen-bond acceptors (Lipinski definition) is 6. The summed E-state index contributed by atoms with van der Waals surface area (Å²) in [5.41, 5.74) is 4.20. The molecule has 0 unspecified atom stereocenters. The molecule has 0 radical (unpaired) electrons. The summed E-state index contributed by atoms with van der Waals surface area (Å²) in [6.07, 6.45) is 4.82. The van der Waals surface area contributed by atoms with E-state index in [-0.39, 0.29) is 18.7 Å². The number of rotatable bonds is 9. The molecule has 0 amide bonds. The topological polar surface area (TPSA) is 64.4 Å². The molecule has 1 N–H and O–H groups in total. The average molecular weight is 446 g/mol. The Morgan fingerprint density at radius 1 is 1.28 bits per heavy atom. The second kappa shape index (κ2) is 9.89. The summed E-state index contributed by atoms with van der Waals surface area (Å²) in [4.78, 5) is 11.3. The first kappa shape index (κ1) is 22.6. The molecule has 9 heteroatoms. The highest BCUT2D eigenvalue weighted by Gasteiger charge is 2.23. The zero-order chi connectivity index (χ0) is 22.7. The van der Waals surface area contributed by atoms with Crippen LogP contribution in [0, 0.1) is 0 Å². The van der Waals surface area contributed by atoms with Gasteiger partial charge in [-0.3, -0.25) is 0 Å². The molecule has 1 aliphatic heterocycles. The van der Waals surface area contributed by atoms with Crippen LogP contribution >= 0.6 is 0 Å². The van der Waals surface area contributed by atoms with Crippen molar-refractivity contribution in [2.75, 3.05) is 39.2 Å². The molecule has 3 heterocycles. The molecule has 32 heavy (non-hydrogen) atoms. The van der Waals surface area contributed by atoms with Crippen LogP contribution in [0.1, 0.15) is 24.9 Å². The monoisotopic (exact) mass is 445 g/mol. The van der Waals surface area contributed by atoms with Crippen molar-refractivity contribution < 1.29 is 18.3 Å². The molecular formula is C23H29F2N5O2. The maximum Gasteiger partial charge on any atom is 0.345 e. The minimum Gasteiger partial charge on any atom is -0.379 e. The molecule has 2 aromatic heterocycles. The summed E-state index contributed by atoms with van der Waals surface area (Å²) < 4.78 is 36.8. The highest BCUT2D eigenvalue weighted by atomic mass is 19.3. The van der Waals surface area contributed by atoms with Gasteiger partial charge in [-0.05, 0) is 38.6 Å². The normalized spacial score (nSPS) is 17.5. The van der Waals surface area contributed by atoms with Gasteiger partial charge in [0.1, 0.15) is 5.65 Å². The lowest BCUT2D eigenvalue weighted by atomic mass is 10.0. The first-order valence-electron chi connectivity index (χ1n) is 10.8. The summed E-state index contributed by atoms with van der Waals surface area (Å²) in [5.74, 6) is 0.383. The number of halogens is 2. The molecule has 1 aliphatic rings. The van der Waals surface area contributed by atoms with E-state index in [0.29, 0.717) is 12.6 Å². The molecule has 1 saturated heterocycles. The number of aromatic nitrogens is 3. The van der Waals surface area contributed by atoms with Gasteiger partial charge in [-0.2, -0.15) is 13.8 Å². The van der Waals surface area contributed by atoms with Gasteiger partial charge in [-0.25, -0.2) is 4.98 Å². The van der Waals surface area contributed by atoms with Gasteiger partial charge in [0, 0.05) is 42.5 Å². The number of benzene rings is 1. The number of alkyl halides is 2. The van der Waals surface area contributed by atoms with Gasteiger partial charge in [0.05, 0.1) is 19.3 Å². The summed E-state index contributed by atoms with van der Waals surface area (Å²) in [5, 5.41) is 4.00. The van der Waals surface area contributed by atoms with E-state index in [2.05, 4.69) is 69.1 Å². The molecule has 172 valence electrons. The third-order valence-corrected chi connectivity index (χ3v) is 5.48. The molecule has 1 aromatic carbocycles. The average Bonchev–Trinajstić information content (AvgIpc) is 3.40. The fourth-order valence-corrected chi connectivity index (χ4v) is 3.98. The number of nitrogens with one attached hydrogen (secondary N) is 1. The second-order valence-corrected chi connectivity index (χ2v) is 8.47. The van der Waals surface area contributed by atoms with Crippen molar-refractivity contribution in [3.8, 4) is 11.1 Å². The minimum absolute atomic E-state index is 0.138. The Hall–Kier alpha value is -2.62. The van der Waals surface area contributed by atoms with Crippen molar-refractivity contribution in [3.05, 3.63) is 42.2 Å². The quantitative estimate of drug-likeness (QED) is 0.534. The van der Waals surface area contributed by atoms with Gasteiger partial charge in [0.25, 0.3) is 0 Å². The van der Waals surface area contributed by atoms with E-state index < -0.39 is 6.61 Å². The van der Waals surface area contributed by atoms with Gasteiger partial charge in [0.2, 0.25) is 5.95 Å². The Labute approximate surface area is 186 Å². The van der Waals surface area contributed by atoms with Crippen molar-refractivity contribution in [3.63, 3.8) is 0 Å². The van der Waals surface area contributed by atoms with Crippen molar-refractivity contribution in [1.29, 1.82) is 0 Å². The molecule has 0 aliphatic carbocycles. The lowest BCUT2D eigenvalue weighted by Gasteiger charge is -2.15. The van der Waals surface area contributed by atoms with Crippen LogP contribution in [0.5, 0.6) is 0 Å². The maximum absolute atomic E-state index is 12.3. The summed E-state index contributed by atoms with van der Waals surface area (Å²) in [6, 6.07) is 8.36. The molecule has 3 aromatic rings. The fraction of sp³-hybridized carbons (Fsp3) is 0.478. The number of nitrogens with zero attached hydrogens (tertiary/aromatic N) is 4. The Balaban J connectivity index is 1.66. The van der Waals surface area contributed by atoms with Crippen molar-refractivity contribution in [2.24, 2.45) is 0 Å². The van der Waals surface area contributed by atoms with E-state index in [1.165, 1.54) is 5.56 Å². The lowest BCUT2D eigenvalue weighted by Crippen LogP contribution is -2.24. The highest BCUT2D eigenvalue weighted by Crippen LogP contribution is 2.34. The van der Waals surface area contributed by atoms with Crippen molar-refractivity contribution >= 4 is 17.0 Å². The van der Waals surface area contributed by atoms with Crippen molar-refractivity contribution in [2.45, 2.75) is 38.6 Å². The number of fused-ring (bicyclic) bond motifs is 1. The van der Waals surface area contributed by atoms with Gasteiger partial charge in [0.15, 0.2) is 0 Å². The number of hydrogen-bond donors (Lipinski definition) is 1. The first-order chi connectivity index (χ1) is 15.4. The molecule has 0 saturated carbocycles. The summed E-state index contributed by atoms with van der Waals surface area (Å²) >= 11 is 0. The highest BCUT2D eigenvalue weighted by molar-refractivity contribution is 5.94. The van der Waals surface area contributed by atoms with Gasteiger partial charge in [-0.15, -0.1) is 0 Å². The van der Waals surface area contributed by atoms with E-state index in [0.717, 1.165) is 41.7 Å². The predicted octanol–water partition coefficient (Wildman–Crippen LogP) is 4.16. The van der Waals surface area contributed by atoms with E-state index in [4.69, 9.17) is 9.72 Å². The standard InChI is InChI=1S/C23H29F2N5O2/c1-15(13-32-22(24)25)27-23-26-10-19-20(17-6-4-16(5-7-17)11-29(2)3)12-30(21(19)28-23)18-8-9-31-14-18/h4-7,10,12,15,18,22H,8-9,11,13-14H2,1-3H3,(H,26,27,28)/t15-,18+/m0/s1. The molecule has 1 fully saturated rings. The van der Waals surface area contributed by atoms with E-state index in [9.17, 15) is 8.78 Å². The van der Waals surface area contributed by atoms with E-state index in [1.807, 2.05) is 0 Å². The zero-order valence-electron chi connectivity index (χ0n) is 18.6. The maximum atomic E-state index is 12.3.